The highest BCUT2D eigenvalue weighted by atomic mass is 16.6. The predicted octanol–water partition coefficient (Wildman–Crippen LogP) is 1.92. The van der Waals surface area contributed by atoms with Crippen LogP contribution in [0.3, 0.4) is 0 Å². The third-order valence-electron chi connectivity index (χ3n) is 4.31. The molecule has 186 valence electrons. The first-order chi connectivity index (χ1) is 15.9. The van der Waals surface area contributed by atoms with Crippen LogP contribution in [-0.4, -0.2) is 65.4 Å². The Hall–Kier alpha value is -3.63. The third kappa shape index (κ3) is 10.8. The van der Waals surface area contributed by atoms with Crippen molar-refractivity contribution in [2.75, 3.05) is 14.1 Å². The Morgan fingerprint density at radius 2 is 1.35 bits per heavy atom. The Labute approximate surface area is 199 Å². The van der Waals surface area contributed by atoms with Gasteiger partial charge in [0.2, 0.25) is 0 Å². The molecule has 0 aromatic heterocycles. The van der Waals surface area contributed by atoms with Gasteiger partial charge < -0.3 is 36.1 Å². The number of benzene rings is 2. The van der Waals surface area contributed by atoms with E-state index in [1.807, 2.05) is 0 Å². The lowest BCUT2D eigenvalue weighted by Gasteiger charge is -2.14. The van der Waals surface area contributed by atoms with E-state index in [0.29, 0.717) is 12.2 Å². The minimum Gasteiger partial charge on any atom is -0.508 e. The summed E-state index contributed by atoms with van der Waals surface area (Å²) in [4.78, 5) is 34.7. The number of hydrogen-bond acceptors (Lipinski definition) is 8. The lowest BCUT2D eigenvalue weighted by Crippen LogP contribution is -2.35. The first-order valence-electron chi connectivity index (χ1n) is 10.6. The molecule has 0 aliphatic carbocycles. The number of rotatable bonds is 8. The number of ether oxygens (including phenoxy) is 2. The number of phenolic OH excluding ortho intramolecular Hbond substituents is 1. The summed E-state index contributed by atoms with van der Waals surface area (Å²) >= 11 is 0. The zero-order chi connectivity index (χ0) is 25.8. The van der Waals surface area contributed by atoms with Gasteiger partial charge >= 0.3 is 18.0 Å². The third-order valence-corrected chi connectivity index (χ3v) is 4.31. The van der Waals surface area contributed by atoms with E-state index in [9.17, 15) is 14.4 Å². The highest BCUT2D eigenvalue weighted by Gasteiger charge is 2.17. The van der Waals surface area contributed by atoms with Crippen LogP contribution in [0.2, 0.25) is 0 Å². The van der Waals surface area contributed by atoms with Crippen LogP contribution in [0.5, 0.6) is 11.5 Å². The van der Waals surface area contributed by atoms with Crippen molar-refractivity contribution in [2.45, 2.75) is 44.9 Å². The molecule has 0 aliphatic rings. The van der Waals surface area contributed by atoms with Crippen LogP contribution in [-0.2, 0) is 27.2 Å². The summed E-state index contributed by atoms with van der Waals surface area (Å²) in [7, 11) is 3.21. The number of nitrogens with two attached hydrogens (primary N) is 2. The Morgan fingerprint density at radius 3 is 1.79 bits per heavy atom. The van der Waals surface area contributed by atoms with Gasteiger partial charge in [0.25, 0.3) is 0 Å². The quantitative estimate of drug-likeness (QED) is 0.417. The molecule has 2 atom stereocenters. The van der Waals surface area contributed by atoms with Gasteiger partial charge in [0, 0.05) is 14.1 Å². The Bertz CT molecular complexity index is 929. The van der Waals surface area contributed by atoms with Gasteiger partial charge in [-0.3, -0.25) is 9.59 Å². The van der Waals surface area contributed by atoms with Gasteiger partial charge in [0.15, 0.2) is 0 Å². The van der Waals surface area contributed by atoms with E-state index in [1.165, 1.54) is 17.0 Å². The Balaban J connectivity index is 0.000000380. The second-order valence-corrected chi connectivity index (χ2v) is 8.02. The highest BCUT2D eigenvalue weighted by molar-refractivity contribution is 5.76. The van der Waals surface area contributed by atoms with Gasteiger partial charge in [-0.1, -0.05) is 24.3 Å². The molecule has 6 N–H and O–H groups in total. The fourth-order valence-electron chi connectivity index (χ4n) is 2.52. The molecule has 2 aromatic carbocycles. The maximum atomic E-state index is 11.6. The van der Waals surface area contributed by atoms with Gasteiger partial charge in [-0.25, -0.2) is 4.79 Å². The monoisotopic (exact) mass is 475 g/mol. The number of aromatic hydroxyl groups is 1. The number of aliphatic carboxylic acids is 1. The summed E-state index contributed by atoms with van der Waals surface area (Å²) in [6, 6.07) is 11.6. The molecule has 0 saturated carbocycles. The minimum atomic E-state index is -1.02. The van der Waals surface area contributed by atoms with Crippen LogP contribution >= 0.6 is 0 Å². The van der Waals surface area contributed by atoms with Crippen LogP contribution in [0.15, 0.2) is 48.5 Å². The van der Waals surface area contributed by atoms with Crippen LogP contribution < -0.4 is 16.2 Å². The number of hydrogen-bond donors (Lipinski definition) is 4. The van der Waals surface area contributed by atoms with E-state index >= 15 is 0 Å². The van der Waals surface area contributed by atoms with Gasteiger partial charge in [-0.15, -0.1) is 0 Å². The van der Waals surface area contributed by atoms with Crippen molar-refractivity contribution in [3.63, 3.8) is 0 Å². The zero-order valence-electron chi connectivity index (χ0n) is 19.8. The van der Waals surface area contributed by atoms with Crippen molar-refractivity contribution < 1.29 is 34.1 Å². The van der Waals surface area contributed by atoms with Crippen molar-refractivity contribution in [1.29, 1.82) is 0 Å². The zero-order valence-corrected chi connectivity index (χ0v) is 19.8. The molecule has 0 spiro atoms. The first-order valence-corrected chi connectivity index (χ1v) is 10.6. The number of carboxylic acid groups (broad SMARTS) is 1. The standard InChI is InChI=1S/C15H22N2O4.C9H11NO3/c1-10(2)20-14(18)13(16)9-11-5-7-12(8-6-11)21-15(19)17(3)4;10-8(9(12)13)5-6-1-3-7(11)4-2-6/h5-8,10,13H,9,16H2,1-4H3;1-4,8,11H,5,10H2,(H,12,13)/t13-;8-/m00/s1. The minimum absolute atomic E-state index is 0.160. The number of amides is 1. The van der Waals surface area contributed by atoms with E-state index in [-0.39, 0.29) is 18.3 Å². The van der Waals surface area contributed by atoms with Crippen molar-refractivity contribution in [3.05, 3.63) is 59.7 Å². The molecule has 0 bridgehead atoms. The van der Waals surface area contributed by atoms with Crippen LogP contribution in [0.25, 0.3) is 0 Å². The number of carbonyl (C=O) groups is 3. The molecule has 0 heterocycles. The average Bonchev–Trinajstić information content (AvgIpc) is 2.76. The van der Waals surface area contributed by atoms with Crippen molar-refractivity contribution in [1.82, 2.24) is 4.90 Å². The molecular formula is C24H33N3O7. The van der Waals surface area contributed by atoms with Gasteiger partial charge in [0.1, 0.15) is 23.6 Å². The van der Waals surface area contributed by atoms with Crippen LogP contribution in [0.1, 0.15) is 25.0 Å². The SMILES string of the molecule is CC(C)OC(=O)[C@@H](N)Cc1ccc(OC(=O)N(C)C)cc1.N[C@@H](Cc1ccc(O)cc1)C(=O)O. The molecule has 0 fully saturated rings. The predicted molar refractivity (Wildman–Crippen MR) is 126 cm³/mol. The summed E-state index contributed by atoms with van der Waals surface area (Å²) in [6.07, 6.45) is 0.0135. The summed E-state index contributed by atoms with van der Waals surface area (Å²) in [5.41, 5.74) is 12.8. The summed E-state index contributed by atoms with van der Waals surface area (Å²) in [5, 5.41) is 17.5. The van der Waals surface area contributed by atoms with Crippen molar-refractivity contribution in [2.24, 2.45) is 11.5 Å². The van der Waals surface area contributed by atoms with E-state index in [4.69, 9.17) is 31.2 Å². The molecule has 0 aliphatic heterocycles. The number of phenols is 1. The number of carbonyl (C=O) groups excluding carboxylic acids is 2. The fraction of sp³-hybridized carbons (Fsp3) is 0.375. The van der Waals surface area contributed by atoms with E-state index < -0.39 is 30.1 Å². The topological polar surface area (TPSA) is 165 Å². The molecule has 0 unspecified atom stereocenters. The van der Waals surface area contributed by atoms with E-state index in [0.717, 1.165) is 11.1 Å². The van der Waals surface area contributed by atoms with Crippen molar-refractivity contribution in [3.8, 4) is 11.5 Å². The van der Waals surface area contributed by atoms with Gasteiger partial charge in [-0.2, -0.15) is 0 Å². The number of nitrogens with zero attached hydrogens (tertiary/aromatic N) is 1. The fourth-order valence-corrected chi connectivity index (χ4v) is 2.52. The lowest BCUT2D eigenvalue weighted by atomic mass is 10.1. The summed E-state index contributed by atoms with van der Waals surface area (Å²) in [5.74, 6) is -0.843. The lowest BCUT2D eigenvalue weighted by molar-refractivity contribution is -0.149. The maximum absolute atomic E-state index is 11.6. The molecule has 1 amide bonds. The van der Waals surface area contributed by atoms with E-state index in [1.54, 1.807) is 64.3 Å². The van der Waals surface area contributed by atoms with E-state index in [2.05, 4.69) is 0 Å². The Kier molecular flexibility index (Phi) is 11.5. The summed E-state index contributed by atoms with van der Waals surface area (Å²) < 4.78 is 10.1. The summed E-state index contributed by atoms with van der Waals surface area (Å²) in [6.45, 7) is 3.55. The molecule has 10 nitrogen and oxygen atoms in total. The second kappa shape index (κ2) is 13.8. The highest BCUT2D eigenvalue weighted by Crippen LogP contribution is 2.14. The molecule has 0 saturated heterocycles. The second-order valence-electron chi connectivity index (χ2n) is 8.02. The maximum Gasteiger partial charge on any atom is 0.414 e. The molecule has 34 heavy (non-hydrogen) atoms. The number of carboxylic acids is 1. The largest absolute Gasteiger partial charge is 0.508 e. The average molecular weight is 476 g/mol. The first kappa shape index (κ1) is 28.4. The molecule has 2 rings (SSSR count). The van der Waals surface area contributed by atoms with Crippen LogP contribution in [0.4, 0.5) is 4.79 Å². The molecule has 10 heteroatoms. The molecule has 0 radical (unpaired) electrons. The Morgan fingerprint density at radius 1 is 0.882 bits per heavy atom. The van der Waals surface area contributed by atoms with Crippen LogP contribution in [0, 0.1) is 0 Å². The number of esters is 1. The van der Waals surface area contributed by atoms with Gasteiger partial charge in [-0.05, 0) is 62.1 Å². The normalized spacial score (nSPS) is 12.1. The van der Waals surface area contributed by atoms with Gasteiger partial charge in [0.05, 0.1) is 6.10 Å². The molecular weight excluding hydrogens is 442 g/mol. The smallest absolute Gasteiger partial charge is 0.414 e. The molecule has 2 aromatic rings. The van der Waals surface area contributed by atoms with Crippen molar-refractivity contribution >= 4 is 18.0 Å².